The van der Waals surface area contributed by atoms with Crippen LogP contribution in [0.25, 0.3) is 0 Å². The minimum atomic E-state index is -0.240. The number of aryl methyl sites for hydroxylation is 2. The molecule has 92 valence electrons. The minimum absolute atomic E-state index is 0.181. The molecule has 0 spiro atoms. The Hall–Kier alpha value is -2.36. The Kier molecular flexibility index (Phi) is 3.28. The Bertz CT molecular complexity index is 594. The molecule has 0 aliphatic rings. The number of aromatic nitrogens is 1. The maximum absolute atomic E-state index is 12.0. The van der Waals surface area contributed by atoms with Gasteiger partial charge in [0.25, 0.3) is 5.91 Å². The lowest BCUT2D eigenvalue weighted by atomic mass is 10.1. The third kappa shape index (κ3) is 2.66. The molecule has 2 rings (SSSR count). The van der Waals surface area contributed by atoms with Gasteiger partial charge >= 0.3 is 0 Å². The summed E-state index contributed by atoms with van der Waals surface area (Å²) < 4.78 is 0. The van der Waals surface area contributed by atoms with Gasteiger partial charge in [-0.05, 0) is 55.3 Å². The zero-order valence-corrected chi connectivity index (χ0v) is 10.3. The van der Waals surface area contributed by atoms with Crippen molar-refractivity contribution in [1.29, 1.82) is 0 Å². The maximum atomic E-state index is 12.0. The summed E-state index contributed by atoms with van der Waals surface area (Å²) in [6, 6.07) is 8.38. The highest BCUT2D eigenvalue weighted by Crippen LogP contribution is 2.17. The highest BCUT2D eigenvalue weighted by molar-refractivity contribution is 6.04. The van der Waals surface area contributed by atoms with Crippen LogP contribution in [-0.2, 0) is 0 Å². The Morgan fingerprint density at radius 3 is 2.67 bits per heavy atom. The highest BCUT2D eigenvalue weighted by atomic mass is 16.3. The summed E-state index contributed by atoms with van der Waals surface area (Å²) in [6.45, 7) is 3.68. The largest absolute Gasteiger partial charge is 0.508 e. The Labute approximate surface area is 105 Å². The average molecular weight is 242 g/mol. The first-order valence-corrected chi connectivity index (χ1v) is 5.60. The summed E-state index contributed by atoms with van der Waals surface area (Å²) in [5.74, 6) is 0.460. The fourth-order valence-corrected chi connectivity index (χ4v) is 1.59. The van der Waals surface area contributed by atoms with Crippen LogP contribution in [0.5, 0.6) is 5.75 Å². The van der Waals surface area contributed by atoms with E-state index in [4.69, 9.17) is 0 Å². The van der Waals surface area contributed by atoms with Gasteiger partial charge in [0.15, 0.2) is 0 Å². The van der Waals surface area contributed by atoms with Crippen molar-refractivity contribution in [2.45, 2.75) is 13.8 Å². The van der Waals surface area contributed by atoms with E-state index in [9.17, 15) is 9.90 Å². The maximum Gasteiger partial charge on any atom is 0.256 e. The summed E-state index contributed by atoms with van der Waals surface area (Å²) in [6.07, 6.45) is 1.65. The number of nitrogens with zero attached hydrogens (tertiary/aromatic N) is 1. The molecule has 4 nitrogen and oxygen atoms in total. The quantitative estimate of drug-likeness (QED) is 0.851. The molecule has 0 radical (unpaired) electrons. The Morgan fingerprint density at radius 2 is 2.00 bits per heavy atom. The van der Waals surface area contributed by atoms with Gasteiger partial charge in [-0.1, -0.05) is 0 Å². The standard InChI is InChI=1S/C14H14N2O2/c1-9-5-6-15-13(7-9)16-14(18)11-3-4-12(17)10(2)8-11/h3-8,17H,1-2H3,(H,15,16,18). The van der Waals surface area contributed by atoms with Gasteiger partial charge in [-0.2, -0.15) is 0 Å². The molecule has 18 heavy (non-hydrogen) atoms. The Morgan fingerprint density at radius 1 is 1.22 bits per heavy atom. The number of amides is 1. The van der Waals surface area contributed by atoms with Crippen molar-refractivity contribution < 1.29 is 9.90 Å². The van der Waals surface area contributed by atoms with Crippen LogP contribution in [0.2, 0.25) is 0 Å². The monoisotopic (exact) mass is 242 g/mol. The molecule has 0 aliphatic carbocycles. The summed E-state index contributed by atoms with van der Waals surface area (Å²) in [4.78, 5) is 16.0. The normalized spacial score (nSPS) is 10.1. The number of anilines is 1. The third-order valence-electron chi connectivity index (χ3n) is 2.62. The van der Waals surface area contributed by atoms with Gasteiger partial charge in [-0.3, -0.25) is 4.79 Å². The molecule has 0 saturated carbocycles. The number of pyridine rings is 1. The number of nitrogens with one attached hydrogen (secondary N) is 1. The van der Waals surface area contributed by atoms with E-state index in [0.29, 0.717) is 16.9 Å². The van der Waals surface area contributed by atoms with Crippen LogP contribution in [0, 0.1) is 13.8 Å². The molecule has 0 fully saturated rings. The van der Waals surface area contributed by atoms with Gasteiger partial charge in [0, 0.05) is 11.8 Å². The van der Waals surface area contributed by atoms with Gasteiger partial charge in [0.1, 0.15) is 11.6 Å². The lowest BCUT2D eigenvalue weighted by molar-refractivity contribution is 0.102. The van der Waals surface area contributed by atoms with Crippen molar-refractivity contribution in [3.05, 3.63) is 53.2 Å². The molecule has 1 aromatic heterocycles. The Balaban J connectivity index is 2.19. The first-order chi connectivity index (χ1) is 8.56. The van der Waals surface area contributed by atoms with E-state index in [-0.39, 0.29) is 11.7 Å². The molecule has 0 bridgehead atoms. The van der Waals surface area contributed by atoms with Crippen molar-refractivity contribution in [1.82, 2.24) is 4.98 Å². The van der Waals surface area contributed by atoms with Crippen molar-refractivity contribution in [3.63, 3.8) is 0 Å². The van der Waals surface area contributed by atoms with E-state index in [0.717, 1.165) is 5.56 Å². The topological polar surface area (TPSA) is 62.2 Å². The summed E-state index contributed by atoms with van der Waals surface area (Å²) >= 11 is 0. The first-order valence-electron chi connectivity index (χ1n) is 5.60. The molecular formula is C14H14N2O2. The average Bonchev–Trinajstić information content (AvgIpc) is 2.32. The van der Waals surface area contributed by atoms with Crippen molar-refractivity contribution in [3.8, 4) is 5.75 Å². The molecule has 1 heterocycles. The number of phenols is 1. The van der Waals surface area contributed by atoms with Crippen LogP contribution in [0.4, 0.5) is 5.82 Å². The molecular weight excluding hydrogens is 228 g/mol. The number of rotatable bonds is 2. The van der Waals surface area contributed by atoms with Crippen LogP contribution in [0.3, 0.4) is 0 Å². The number of carbonyl (C=O) groups excluding carboxylic acids is 1. The summed E-state index contributed by atoms with van der Waals surface area (Å²) in [5, 5.41) is 12.1. The van der Waals surface area contributed by atoms with E-state index < -0.39 is 0 Å². The second kappa shape index (κ2) is 4.87. The number of benzene rings is 1. The fraction of sp³-hybridized carbons (Fsp3) is 0.143. The van der Waals surface area contributed by atoms with E-state index in [1.165, 1.54) is 6.07 Å². The zero-order valence-electron chi connectivity index (χ0n) is 10.3. The van der Waals surface area contributed by atoms with E-state index in [1.54, 1.807) is 31.3 Å². The third-order valence-corrected chi connectivity index (χ3v) is 2.62. The van der Waals surface area contributed by atoms with Gasteiger partial charge in [-0.15, -0.1) is 0 Å². The van der Waals surface area contributed by atoms with Crippen LogP contribution in [-0.4, -0.2) is 16.0 Å². The van der Waals surface area contributed by atoms with E-state index >= 15 is 0 Å². The number of aromatic hydroxyl groups is 1. The lowest BCUT2D eigenvalue weighted by Gasteiger charge is -2.06. The van der Waals surface area contributed by atoms with Gasteiger partial charge < -0.3 is 10.4 Å². The first kappa shape index (κ1) is 12.1. The van der Waals surface area contributed by atoms with Crippen molar-refractivity contribution >= 4 is 11.7 Å². The summed E-state index contributed by atoms with van der Waals surface area (Å²) in [7, 11) is 0. The number of phenolic OH excluding ortho intramolecular Hbond substituents is 1. The van der Waals surface area contributed by atoms with Crippen LogP contribution >= 0.6 is 0 Å². The molecule has 1 amide bonds. The van der Waals surface area contributed by atoms with Gasteiger partial charge in [0.2, 0.25) is 0 Å². The van der Waals surface area contributed by atoms with Crippen LogP contribution < -0.4 is 5.32 Å². The van der Waals surface area contributed by atoms with E-state index in [1.807, 2.05) is 13.0 Å². The second-order valence-corrected chi connectivity index (χ2v) is 4.17. The SMILES string of the molecule is Cc1ccnc(NC(=O)c2ccc(O)c(C)c2)c1. The van der Waals surface area contributed by atoms with Crippen molar-refractivity contribution in [2.75, 3.05) is 5.32 Å². The zero-order chi connectivity index (χ0) is 13.1. The highest BCUT2D eigenvalue weighted by Gasteiger charge is 2.08. The number of carbonyl (C=O) groups is 1. The molecule has 2 N–H and O–H groups in total. The molecule has 0 saturated heterocycles. The predicted molar refractivity (Wildman–Crippen MR) is 69.8 cm³/mol. The molecule has 4 heteroatoms. The van der Waals surface area contributed by atoms with Gasteiger partial charge in [-0.25, -0.2) is 4.98 Å². The van der Waals surface area contributed by atoms with Crippen molar-refractivity contribution in [2.24, 2.45) is 0 Å². The summed E-state index contributed by atoms with van der Waals surface area (Å²) in [5.41, 5.74) is 2.19. The molecule has 0 aliphatic heterocycles. The van der Waals surface area contributed by atoms with Crippen LogP contribution in [0.1, 0.15) is 21.5 Å². The van der Waals surface area contributed by atoms with Crippen LogP contribution in [0.15, 0.2) is 36.5 Å². The minimum Gasteiger partial charge on any atom is -0.508 e. The van der Waals surface area contributed by atoms with E-state index in [2.05, 4.69) is 10.3 Å². The number of hydrogen-bond acceptors (Lipinski definition) is 3. The predicted octanol–water partition coefficient (Wildman–Crippen LogP) is 2.66. The number of hydrogen-bond donors (Lipinski definition) is 2. The molecule has 0 unspecified atom stereocenters. The molecule has 2 aromatic rings. The second-order valence-electron chi connectivity index (χ2n) is 4.17. The van der Waals surface area contributed by atoms with Gasteiger partial charge in [0.05, 0.1) is 0 Å². The lowest BCUT2D eigenvalue weighted by Crippen LogP contribution is -2.13. The fourth-order valence-electron chi connectivity index (χ4n) is 1.59. The smallest absolute Gasteiger partial charge is 0.256 e. The molecule has 0 atom stereocenters. The molecule has 1 aromatic carbocycles.